The maximum Gasteiger partial charge on any atom is 0.306 e. The van der Waals surface area contributed by atoms with E-state index in [9.17, 15) is 4.79 Å². The van der Waals surface area contributed by atoms with Crippen LogP contribution >= 0.6 is 36.8 Å². The number of ether oxygens (including phenoxy) is 2. The largest absolute Gasteiger partial charge is 0.463 e. The Morgan fingerprint density at radius 3 is 2.41 bits per heavy atom. The molecule has 0 aromatic carbocycles. The number of carbonyl (C=O) groups excluding carboxylic acids is 1. The highest BCUT2D eigenvalue weighted by molar-refractivity contribution is 7.96. The van der Waals surface area contributed by atoms with Crippen molar-refractivity contribution in [3.63, 3.8) is 0 Å². The molecule has 0 saturated heterocycles. The summed E-state index contributed by atoms with van der Waals surface area (Å²) >= 11 is 1.59. The smallest absolute Gasteiger partial charge is 0.306 e. The lowest BCUT2D eigenvalue weighted by atomic mass is 10.5. The van der Waals surface area contributed by atoms with Gasteiger partial charge in [0.05, 0.1) is 19.6 Å². The van der Waals surface area contributed by atoms with Crippen molar-refractivity contribution in [2.45, 2.75) is 6.42 Å². The predicted octanol–water partition coefficient (Wildman–Crippen LogP) is 0.948. The van der Waals surface area contributed by atoms with Gasteiger partial charge >= 0.3 is 5.97 Å². The Morgan fingerprint density at radius 1 is 1.24 bits per heavy atom. The first-order valence-electron chi connectivity index (χ1n) is 4.90. The second kappa shape index (κ2) is 16.3. The van der Waals surface area contributed by atoms with Gasteiger partial charge in [-0.2, -0.15) is 0 Å². The van der Waals surface area contributed by atoms with Gasteiger partial charge in [-0.1, -0.05) is 11.9 Å². The molecule has 2 N–H and O–H groups in total. The van der Waals surface area contributed by atoms with Crippen molar-refractivity contribution in [2.75, 3.05) is 46.2 Å². The van der Waals surface area contributed by atoms with Crippen molar-refractivity contribution >= 4 is 42.7 Å². The van der Waals surface area contributed by atoms with Gasteiger partial charge in [-0.05, 0) is 14.1 Å². The molecule has 0 heterocycles. The lowest BCUT2D eigenvalue weighted by Gasteiger charge is -2.08. The van der Waals surface area contributed by atoms with Gasteiger partial charge in [0, 0.05) is 12.3 Å². The summed E-state index contributed by atoms with van der Waals surface area (Å²) in [5.74, 6) is 0.566. The van der Waals surface area contributed by atoms with Crippen LogP contribution in [-0.4, -0.2) is 56.5 Å². The van der Waals surface area contributed by atoms with Gasteiger partial charge in [0.15, 0.2) is 0 Å². The third-order valence-electron chi connectivity index (χ3n) is 1.41. The van der Waals surface area contributed by atoms with E-state index in [1.807, 2.05) is 18.4 Å². The normalized spacial score (nSPS) is 9.41. The van der Waals surface area contributed by atoms with E-state index in [0.29, 0.717) is 32.8 Å². The molecule has 0 fully saturated rings. The van der Waals surface area contributed by atoms with Gasteiger partial charge < -0.3 is 15.2 Å². The molecule has 0 aliphatic heterocycles. The average molecular weight is 309 g/mol. The molecule has 0 spiro atoms. The minimum absolute atomic E-state index is 0. The Labute approximate surface area is 120 Å². The van der Waals surface area contributed by atoms with Crippen molar-refractivity contribution < 1.29 is 14.3 Å². The Kier molecular flexibility index (Phi) is 21.5. The van der Waals surface area contributed by atoms with Crippen LogP contribution in [0.1, 0.15) is 6.42 Å². The molecule has 0 radical (unpaired) electrons. The van der Waals surface area contributed by atoms with Gasteiger partial charge in [-0.15, -0.1) is 24.8 Å². The molecule has 0 atom stereocenters. The van der Waals surface area contributed by atoms with Crippen molar-refractivity contribution in [1.82, 2.24) is 4.31 Å². The first-order chi connectivity index (χ1) is 7.16. The zero-order chi connectivity index (χ0) is 11.5. The van der Waals surface area contributed by atoms with E-state index >= 15 is 0 Å². The summed E-state index contributed by atoms with van der Waals surface area (Å²) in [5, 5.41) is 0. The van der Waals surface area contributed by atoms with Crippen LogP contribution in [0.15, 0.2) is 0 Å². The quantitative estimate of drug-likeness (QED) is 0.389. The molecular weight excluding hydrogens is 287 g/mol. The van der Waals surface area contributed by atoms with Crippen molar-refractivity contribution in [1.29, 1.82) is 0 Å². The molecule has 0 aliphatic carbocycles. The lowest BCUT2D eigenvalue weighted by molar-refractivity contribution is -0.144. The minimum Gasteiger partial charge on any atom is -0.463 e. The van der Waals surface area contributed by atoms with Crippen LogP contribution in [0.4, 0.5) is 0 Å². The molecule has 106 valence electrons. The Morgan fingerprint density at radius 2 is 1.88 bits per heavy atom. The topological polar surface area (TPSA) is 64.8 Å². The first kappa shape index (κ1) is 22.5. The number of nitrogens with two attached hydrogens (primary N) is 1. The molecule has 0 amide bonds. The summed E-state index contributed by atoms with van der Waals surface area (Å²) in [6.07, 6.45) is 0.430. The first-order valence-corrected chi connectivity index (χ1v) is 5.84. The number of hydrogen-bond acceptors (Lipinski definition) is 6. The molecule has 0 bridgehead atoms. The van der Waals surface area contributed by atoms with Gasteiger partial charge in [0.2, 0.25) is 0 Å². The van der Waals surface area contributed by atoms with Crippen LogP contribution in [0.2, 0.25) is 0 Å². The summed E-state index contributed by atoms with van der Waals surface area (Å²) in [7, 11) is 3.88. The van der Waals surface area contributed by atoms with Gasteiger partial charge in [0.25, 0.3) is 0 Å². The van der Waals surface area contributed by atoms with E-state index in [1.165, 1.54) is 0 Å². The second-order valence-electron chi connectivity index (χ2n) is 3.02. The number of hydrogen-bond donors (Lipinski definition) is 1. The van der Waals surface area contributed by atoms with E-state index in [1.54, 1.807) is 11.9 Å². The molecule has 17 heavy (non-hydrogen) atoms. The summed E-state index contributed by atoms with van der Waals surface area (Å²) in [6.45, 7) is 1.73. The molecule has 0 aromatic rings. The molecular formula is C9H22Cl2N2O3S. The molecule has 5 nitrogen and oxygen atoms in total. The number of nitrogens with zero attached hydrogens (tertiary/aromatic N) is 1. The number of esters is 1. The molecule has 0 aromatic heterocycles. The highest BCUT2D eigenvalue weighted by atomic mass is 35.5. The molecule has 0 unspecified atom stereocenters. The van der Waals surface area contributed by atoms with Gasteiger partial charge in [-0.3, -0.25) is 9.10 Å². The maximum atomic E-state index is 11.1. The van der Waals surface area contributed by atoms with E-state index in [-0.39, 0.29) is 30.8 Å². The summed E-state index contributed by atoms with van der Waals surface area (Å²) in [4.78, 5) is 11.1. The zero-order valence-electron chi connectivity index (χ0n) is 10.2. The molecule has 0 rings (SSSR count). The lowest BCUT2D eigenvalue weighted by Crippen LogP contribution is -2.15. The fourth-order valence-electron chi connectivity index (χ4n) is 0.784. The molecule has 0 aliphatic rings. The highest BCUT2D eigenvalue weighted by Gasteiger charge is 2.02. The van der Waals surface area contributed by atoms with Crippen molar-refractivity contribution in [3.05, 3.63) is 0 Å². The Balaban J connectivity index is -0.000000980. The Bertz CT molecular complexity index is 176. The van der Waals surface area contributed by atoms with Crippen LogP contribution in [0.3, 0.4) is 0 Å². The Hall–Kier alpha value is 0.280. The maximum absolute atomic E-state index is 11.1. The zero-order valence-corrected chi connectivity index (χ0v) is 12.7. The fourth-order valence-corrected chi connectivity index (χ4v) is 1.41. The van der Waals surface area contributed by atoms with Crippen LogP contribution < -0.4 is 5.73 Å². The van der Waals surface area contributed by atoms with Crippen LogP contribution in [0.5, 0.6) is 0 Å². The van der Waals surface area contributed by atoms with E-state index in [0.717, 1.165) is 5.75 Å². The minimum atomic E-state index is -0.180. The standard InChI is InChI=1S/C9H20N2O3S.2ClH/c1-11(2)15-8-3-9(12)14-7-6-13-5-4-10;;/h3-8,10H2,1-2H3;2*1H. The summed E-state index contributed by atoms with van der Waals surface area (Å²) in [5.41, 5.74) is 5.22. The van der Waals surface area contributed by atoms with Crippen LogP contribution in [0, 0.1) is 0 Å². The van der Waals surface area contributed by atoms with Crippen LogP contribution in [0.25, 0.3) is 0 Å². The molecule has 8 heteroatoms. The monoisotopic (exact) mass is 308 g/mol. The van der Waals surface area contributed by atoms with Gasteiger partial charge in [0.1, 0.15) is 6.61 Å². The number of carbonyl (C=O) groups is 1. The summed E-state index contributed by atoms with van der Waals surface area (Å²) in [6, 6.07) is 0. The van der Waals surface area contributed by atoms with E-state index < -0.39 is 0 Å². The highest BCUT2D eigenvalue weighted by Crippen LogP contribution is 2.05. The predicted molar refractivity (Wildman–Crippen MR) is 76.1 cm³/mol. The second-order valence-corrected chi connectivity index (χ2v) is 4.41. The van der Waals surface area contributed by atoms with Crippen molar-refractivity contribution in [2.24, 2.45) is 5.73 Å². The number of halogens is 2. The van der Waals surface area contributed by atoms with E-state index in [4.69, 9.17) is 15.2 Å². The fraction of sp³-hybridized carbons (Fsp3) is 0.889. The summed E-state index contributed by atoms with van der Waals surface area (Å²) < 4.78 is 12.0. The van der Waals surface area contributed by atoms with Crippen LogP contribution in [-0.2, 0) is 14.3 Å². The average Bonchev–Trinajstić information content (AvgIpc) is 2.17. The van der Waals surface area contributed by atoms with Crippen molar-refractivity contribution in [3.8, 4) is 0 Å². The van der Waals surface area contributed by atoms with E-state index in [2.05, 4.69) is 0 Å². The third-order valence-corrected chi connectivity index (χ3v) is 2.31. The van der Waals surface area contributed by atoms with Gasteiger partial charge in [-0.25, -0.2) is 0 Å². The SMILES string of the molecule is CN(C)SCCC(=O)OCCOCCN.Cl.Cl. The number of rotatable bonds is 9. The third kappa shape index (κ3) is 18.8. The molecule has 0 saturated carbocycles.